The number of carbonyl (C=O) groups is 2. The molecule has 31 heavy (non-hydrogen) atoms. The molecule has 1 amide bonds. The van der Waals surface area contributed by atoms with E-state index < -0.39 is 0 Å². The van der Waals surface area contributed by atoms with Crippen molar-refractivity contribution in [3.05, 3.63) is 108 Å². The molecule has 0 fully saturated rings. The Labute approximate surface area is 187 Å². The highest BCUT2D eigenvalue weighted by atomic mass is 32.2. The molecule has 0 saturated carbocycles. The molecule has 0 saturated heterocycles. The fourth-order valence-corrected chi connectivity index (χ4v) is 3.81. The van der Waals surface area contributed by atoms with E-state index in [1.54, 1.807) is 19.2 Å². The number of aliphatic imine (C=N–C) groups is 1. The minimum Gasteiger partial charge on any atom is -0.297 e. The van der Waals surface area contributed by atoms with E-state index in [9.17, 15) is 9.59 Å². The molecule has 3 aromatic rings. The number of Topliss-reactive ketones (excluding diaryl/α,β-unsaturated/α-hetero) is 1. The predicted molar refractivity (Wildman–Crippen MR) is 130 cm³/mol. The van der Waals surface area contributed by atoms with E-state index in [-0.39, 0.29) is 11.5 Å². The Kier molecular flexibility index (Phi) is 7.96. The van der Waals surface area contributed by atoms with Crippen LogP contribution in [0.25, 0.3) is 11.3 Å². The highest BCUT2D eigenvalue weighted by Crippen LogP contribution is 2.28. The zero-order chi connectivity index (χ0) is 22.1. The largest absolute Gasteiger partial charge is 0.297 e. The molecule has 0 unspecified atom stereocenters. The molecule has 0 aromatic heterocycles. The average molecular weight is 429 g/mol. The van der Waals surface area contributed by atoms with Gasteiger partial charge in [0.2, 0.25) is 6.41 Å². The topological polar surface area (TPSA) is 49.7 Å². The summed E-state index contributed by atoms with van der Waals surface area (Å²) in [6.07, 6.45) is 0.708. The molecule has 4 nitrogen and oxygen atoms in total. The molecule has 156 valence electrons. The molecular formula is C26H24N2O2S. The molecule has 3 rings (SSSR count). The van der Waals surface area contributed by atoms with Crippen molar-refractivity contribution >= 4 is 40.4 Å². The van der Waals surface area contributed by atoms with Crippen molar-refractivity contribution in [1.82, 2.24) is 4.90 Å². The standard InChI is InChI=1S/C26H24N2O2S/c1-20(21-12-6-3-7-13-21)25(23-16-10-5-11-17-23)27-26(28(2)19-29)31-18-24(30)22-14-8-4-9-15-22/h3-17,19H,18H2,1-2H3/b25-20+,27-26+. The minimum absolute atomic E-state index is 0.0115. The van der Waals surface area contributed by atoms with Gasteiger partial charge in [0.1, 0.15) is 0 Å². The van der Waals surface area contributed by atoms with Crippen molar-refractivity contribution in [2.45, 2.75) is 6.92 Å². The number of ketones is 1. The van der Waals surface area contributed by atoms with Crippen molar-refractivity contribution in [3.63, 3.8) is 0 Å². The molecule has 0 atom stereocenters. The summed E-state index contributed by atoms with van der Waals surface area (Å²) in [6.45, 7) is 2.01. The molecule has 5 heteroatoms. The Bertz CT molecular complexity index is 1080. The first-order chi connectivity index (χ1) is 15.1. The fourth-order valence-electron chi connectivity index (χ4n) is 2.98. The van der Waals surface area contributed by atoms with Crippen LogP contribution < -0.4 is 0 Å². The van der Waals surface area contributed by atoms with Gasteiger partial charge in [-0.1, -0.05) is 103 Å². The fraction of sp³-hybridized carbons (Fsp3) is 0.115. The van der Waals surface area contributed by atoms with Gasteiger partial charge in [0.25, 0.3) is 0 Å². The zero-order valence-electron chi connectivity index (χ0n) is 17.6. The zero-order valence-corrected chi connectivity index (χ0v) is 18.4. The molecule has 0 bridgehead atoms. The van der Waals surface area contributed by atoms with E-state index in [0.29, 0.717) is 17.1 Å². The van der Waals surface area contributed by atoms with Gasteiger partial charge in [-0.3, -0.25) is 14.5 Å². The molecular weight excluding hydrogens is 404 g/mol. The number of carbonyl (C=O) groups excluding carboxylic acids is 2. The van der Waals surface area contributed by atoms with Gasteiger partial charge >= 0.3 is 0 Å². The van der Waals surface area contributed by atoms with Crippen LogP contribution in [0.4, 0.5) is 0 Å². The molecule has 0 heterocycles. The lowest BCUT2D eigenvalue weighted by Crippen LogP contribution is -2.23. The van der Waals surface area contributed by atoms with Crippen LogP contribution >= 0.6 is 11.8 Å². The summed E-state index contributed by atoms with van der Waals surface area (Å²) in [4.78, 5) is 30.4. The average Bonchev–Trinajstić information content (AvgIpc) is 2.84. The van der Waals surface area contributed by atoms with E-state index in [0.717, 1.165) is 22.4 Å². The summed E-state index contributed by atoms with van der Waals surface area (Å²) in [5.74, 6) is 0.177. The number of amidine groups is 1. The van der Waals surface area contributed by atoms with Gasteiger partial charge in [-0.05, 0) is 18.1 Å². The first kappa shape index (κ1) is 22.2. The van der Waals surface area contributed by atoms with Crippen molar-refractivity contribution in [2.75, 3.05) is 12.8 Å². The Morgan fingerprint density at radius 3 is 1.84 bits per heavy atom. The van der Waals surface area contributed by atoms with Gasteiger partial charge in [-0.15, -0.1) is 0 Å². The van der Waals surface area contributed by atoms with Crippen molar-refractivity contribution < 1.29 is 9.59 Å². The number of hydrogen-bond donors (Lipinski definition) is 0. The lowest BCUT2D eigenvalue weighted by atomic mass is 10.0. The van der Waals surface area contributed by atoms with Crippen LogP contribution in [0.2, 0.25) is 0 Å². The summed E-state index contributed by atoms with van der Waals surface area (Å²) >= 11 is 1.25. The second kappa shape index (κ2) is 11.1. The number of hydrogen-bond acceptors (Lipinski definition) is 4. The van der Waals surface area contributed by atoms with E-state index in [2.05, 4.69) is 0 Å². The van der Waals surface area contributed by atoms with Gasteiger partial charge in [-0.2, -0.15) is 0 Å². The number of rotatable bonds is 7. The third-order valence-electron chi connectivity index (χ3n) is 4.70. The van der Waals surface area contributed by atoms with E-state index in [1.807, 2.05) is 85.8 Å². The maximum atomic E-state index is 12.6. The Morgan fingerprint density at radius 2 is 1.32 bits per heavy atom. The lowest BCUT2D eigenvalue weighted by Gasteiger charge is -2.16. The van der Waals surface area contributed by atoms with Crippen LogP contribution in [0.15, 0.2) is 96.0 Å². The van der Waals surface area contributed by atoms with Crippen LogP contribution in [-0.2, 0) is 4.79 Å². The maximum Gasteiger partial charge on any atom is 0.215 e. The SMILES string of the molecule is C/C(=C(\N=C(\SCC(=O)c1ccccc1)N(C)C=O)c1ccccc1)c1ccccc1. The first-order valence-electron chi connectivity index (χ1n) is 9.89. The molecule has 0 aliphatic heterocycles. The summed E-state index contributed by atoms with van der Waals surface area (Å²) in [5.41, 5.74) is 4.37. The third-order valence-corrected chi connectivity index (χ3v) is 5.75. The van der Waals surface area contributed by atoms with Crippen molar-refractivity contribution in [2.24, 2.45) is 4.99 Å². The van der Waals surface area contributed by atoms with Gasteiger partial charge in [-0.25, -0.2) is 4.99 Å². The highest BCUT2D eigenvalue weighted by Gasteiger charge is 2.15. The normalized spacial score (nSPS) is 12.1. The van der Waals surface area contributed by atoms with E-state index in [1.165, 1.54) is 16.7 Å². The summed E-state index contributed by atoms with van der Waals surface area (Å²) in [5, 5.41) is 0.466. The lowest BCUT2D eigenvalue weighted by molar-refractivity contribution is -0.113. The van der Waals surface area contributed by atoms with Crippen LogP contribution in [0.1, 0.15) is 28.4 Å². The number of allylic oxidation sites excluding steroid dienone is 1. The monoisotopic (exact) mass is 428 g/mol. The number of thioether (sulfide) groups is 1. The number of nitrogens with zero attached hydrogens (tertiary/aromatic N) is 2. The molecule has 0 radical (unpaired) electrons. The van der Waals surface area contributed by atoms with E-state index in [4.69, 9.17) is 4.99 Å². The van der Waals surface area contributed by atoms with Gasteiger partial charge in [0.15, 0.2) is 11.0 Å². The first-order valence-corrected chi connectivity index (χ1v) is 10.9. The molecule has 0 aliphatic carbocycles. The minimum atomic E-state index is -0.0115. The van der Waals surface area contributed by atoms with Crippen LogP contribution in [0.3, 0.4) is 0 Å². The Morgan fingerprint density at radius 1 is 0.839 bits per heavy atom. The third kappa shape index (κ3) is 6.03. The number of amides is 1. The Hall–Kier alpha value is -3.44. The maximum absolute atomic E-state index is 12.6. The molecule has 3 aromatic carbocycles. The van der Waals surface area contributed by atoms with Gasteiger partial charge < -0.3 is 0 Å². The van der Waals surface area contributed by atoms with Crippen LogP contribution in [0.5, 0.6) is 0 Å². The van der Waals surface area contributed by atoms with Crippen LogP contribution in [-0.4, -0.2) is 35.1 Å². The summed E-state index contributed by atoms with van der Waals surface area (Å²) in [6, 6.07) is 29.0. The van der Waals surface area contributed by atoms with Crippen molar-refractivity contribution in [1.29, 1.82) is 0 Å². The number of benzene rings is 3. The quantitative estimate of drug-likeness (QED) is 0.161. The smallest absolute Gasteiger partial charge is 0.215 e. The van der Waals surface area contributed by atoms with Gasteiger partial charge in [0.05, 0.1) is 11.4 Å². The summed E-state index contributed by atoms with van der Waals surface area (Å²) < 4.78 is 0. The Balaban J connectivity index is 1.99. The van der Waals surface area contributed by atoms with E-state index >= 15 is 0 Å². The molecule has 0 N–H and O–H groups in total. The van der Waals surface area contributed by atoms with Gasteiger partial charge in [0, 0.05) is 18.2 Å². The predicted octanol–water partition coefficient (Wildman–Crippen LogP) is 5.64. The molecule has 0 spiro atoms. The second-order valence-electron chi connectivity index (χ2n) is 6.89. The van der Waals surface area contributed by atoms with Crippen LogP contribution in [0, 0.1) is 0 Å². The van der Waals surface area contributed by atoms with Crippen molar-refractivity contribution in [3.8, 4) is 0 Å². The summed E-state index contributed by atoms with van der Waals surface area (Å²) in [7, 11) is 1.65. The second-order valence-corrected chi connectivity index (χ2v) is 7.84. The molecule has 0 aliphatic rings. The highest BCUT2D eigenvalue weighted by molar-refractivity contribution is 8.14.